The van der Waals surface area contributed by atoms with E-state index in [1.165, 1.54) is 13.0 Å². The van der Waals surface area contributed by atoms with Crippen LogP contribution in [0, 0.1) is 11.6 Å². The second kappa shape index (κ2) is 5.57. The lowest BCUT2D eigenvalue weighted by molar-refractivity contribution is 0.574. The molecule has 2 nitrogen and oxygen atoms in total. The Kier molecular flexibility index (Phi) is 4.78. The van der Waals surface area contributed by atoms with E-state index >= 15 is 0 Å². The lowest BCUT2D eigenvalue weighted by Crippen LogP contribution is -2.21. The Labute approximate surface area is 116 Å². The summed E-state index contributed by atoms with van der Waals surface area (Å²) in [5, 5.41) is 0. The summed E-state index contributed by atoms with van der Waals surface area (Å²) in [6.07, 6.45) is 0. The van der Waals surface area contributed by atoms with Crippen LogP contribution in [0.1, 0.15) is 33.3 Å². The summed E-state index contributed by atoms with van der Waals surface area (Å²) in [7, 11) is -1.55. The van der Waals surface area contributed by atoms with Crippen molar-refractivity contribution in [3.8, 4) is 0 Å². The third-order valence-electron chi connectivity index (χ3n) is 2.15. The standard InChI is InChI=1S/C12H14BrF2NOS/c1-7(16-18(17)12(2,3)4)10-9(14)6-5-8(13)11(10)15/h5-6H,1-4H3. The molecule has 0 saturated carbocycles. The number of hydrogen-bond acceptors (Lipinski definition) is 1. The second-order valence-corrected chi connectivity index (χ2v) is 7.52. The molecule has 1 unspecified atom stereocenters. The molecule has 0 radical (unpaired) electrons. The van der Waals surface area contributed by atoms with Crippen LogP contribution in [-0.4, -0.2) is 14.7 Å². The summed E-state index contributed by atoms with van der Waals surface area (Å²) < 4.78 is 42.7. The van der Waals surface area contributed by atoms with Gasteiger partial charge in [-0.15, -0.1) is 0 Å². The highest BCUT2D eigenvalue weighted by Gasteiger charge is 2.21. The molecule has 0 bridgehead atoms. The first-order chi connectivity index (χ1) is 8.14. The Bertz CT molecular complexity index is 524. The molecule has 1 rings (SSSR count). The first-order valence-electron chi connectivity index (χ1n) is 5.25. The molecule has 100 valence electrons. The van der Waals surface area contributed by atoms with E-state index in [0.717, 1.165) is 6.07 Å². The monoisotopic (exact) mass is 337 g/mol. The number of hydrogen-bond donors (Lipinski definition) is 0. The normalized spacial score (nSPS) is 14.7. The van der Waals surface area contributed by atoms with E-state index in [9.17, 15) is 13.0 Å². The van der Waals surface area contributed by atoms with Crippen molar-refractivity contribution in [1.82, 2.24) is 0 Å². The fourth-order valence-corrected chi connectivity index (χ4v) is 2.11. The van der Waals surface area contributed by atoms with Gasteiger partial charge in [-0.25, -0.2) is 13.0 Å². The quantitative estimate of drug-likeness (QED) is 0.592. The predicted molar refractivity (Wildman–Crippen MR) is 74.2 cm³/mol. The topological polar surface area (TPSA) is 29.4 Å². The number of nitrogens with zero attached hydrogens (tertiary/aromatic N) is 1. The minimum atomic E-state index is -1.55. The Morgan fingerprint density at radius 1 is 1.33 bits per heavy atom. The largest absolute Gasteiger partial charge is 0.234 e. The average molecular weight is 338 g/mol. The maximum Gasteiger partial charge on any atom is 0.149 e. The van der Waals surface area contributed by atoms with Crippen molar-refractivity contribution >= 4 is 32.6 Å². The summed E-state index contributed by atoms with van der Waals surface area (Å²) in [4.78, 5) is 0. The van der Waals surface area contributed by atoms with Crippen molar-refractivity contribution in [2.24, 2.45) is 4.40 Å². The fraction of sp³-hybridized carbons (Fsp3) is 0.417. The highest BCUT2D eigenvalue weighted by Crippen LogP contribution is 2.23. The van der Waals surface area contributed by atoms with Crippen LogP contribution in [0.5, 0.6) is 0 Å². The summed E-state index contributed by atoms with van der Waals surface area (Å²) in [6.45, 7) is 6.67. The molecule has 1 aromatic rings. The molecule has 0 aliphatic carbocycles. The van der Waals surface area contributed by atoms with Gasteiger partial charge in [-0.1, -0.05) is 0 Å². The maximum absolute atomic E-state index is 13.8. The van der Waals surface area contributed by atoms with Gasteiger partial charge >= 0.3 is 0 Å². The molecule has 0 fully saturated rings. The third kappa shape index (κ3) is 3.45. The molecule has 1 atom stereocenters. The van der Waals surface area contributed by atoms with Crippen LogP contribution in [-0.2, 0) is 11.0 Å². The fourth-order valence-electron chi connectivity index (χ4n) is 1.17. The van der Waals surface area contributed by atoms with Gasteiger partial charge in [0.05, 0.1) is 20.5 Å². The van der Waals surface area contributed by atoms with Crippen molar-refractivity contribution in [3.05, 3.63) is 33.8 Å². The van der Waals surface area contributed by atoms with Crippen LogP contribution in [0.4, 0.5) is 8.78 Å². The zero-order chi connectivity index (χ0) is 14.1. The molecule has 0 saturated heterocycles. The van der Waals surface area contributed by atoms with E-state index < -0.39 is 27.4 Å². The van der Waals surface area contributed by atoms with Crippen LogP contribution in [0.3, 0.4) is 0 Å². The van der Waals surface area contributed by atoms with Gasteiger partial charge in [-0.2, -0.15) is 4.40 Å². The summed E-state index contributed by atoms with van der Waals surface area (Å²) in [6, 6.07) is 2.42. The van der Waals surface area contributed by atoms with E-state index in [0.29, 0.717) is 0 Å². The molecule has 0 spiro atoms. The zero-order valence-corrected chi connectivity index (χ0v) is 13.0. The Hall–Kier alpha value is -0.620. The average Bonchev–Trinajstić information content (AvgIpc) is 2.22. The first-order valence-corrected chi connectivity index (χ1v) is 7.15. The molecule has 0 aliphatic rings. The SMILES string of the molecule is CC(=NS(=O)C(C)(C)C)c1c(F)ccc(Br)c1F. The maximum atomic E-state index is 13.8. The van der Waals surface area contributed by atoms with Gasteiger partial charge in [0.1, 0.15) is 22.6 Å². The van der Waals surface area contributed by atoms with Gasteiger partial charge in [-0.05, 0) is 55.8 Å². The van der Waals surface area contributed by atoms with Crippen LogP contribution in [0.2, 0.25) is 0 Å². The Morgan fingerprint density at radius 2 is 1.89 bits per heavy atom. The van der Waals surface area contributed by atoms with E-state index in [-0.39, 0.29) is 15.7 Å². The van der Waals surface area contributed by atoms with Crippen LogP contribution in [0.15, 0.2) is 21.0 Å². The van der Waals surface area contributed by atoms with Crippen molar-refractivity contribution in [2.75, 3.05) is 0 Å². The van der Waals surface area contributed by atoms with Crippen LogP contribution in [0.25, 0.3) is 0 Å². The van der Waals surface area contributed by atoms with E-state index in [4.69, 9.17) is 0 Å². The summed E-state index contributed by atoms with van der Waals surface area (Å²) >= 11 is 2.98. The smallest absolute Gasteiger partial charge is 0.149 e. The van der Waals surface area contributed by atoms with Gasteiger partial charge < -0.3 is 0 Å². The first kappa shape index (κ1) is 15.4. The lowest BCUT2D eigenvalue weighted by Gasteiger charge is -2.14. The van der Waals surface area contributed by atoms with E-state index in [1.54, 1.807) is 20.8 Å². The van der Waals surface area contributed by atoms with E-state index in [1.807, 2.05) is 0 Å². The summed E-state index contributed by atoms with van der Waals surface area (Å²) in [5.74, 6) is -1.45. The molecular weight excluding hydrogens is 324 g/mol. The number of halogens is 3. The lowest BCUT2D eigenvalue weighted by atomic mass is 10.1. The van der Waals surface area contributed by atoms with Crippen molar-refractivity contribution in [2.45, 2.75) is 32.4 Å². The zero-order valence-electron chi connectivity index (χ0n) is 10.6. The van der Waals surface area contributed by atoms with Gasteiger partial charge in [0.25, 0.3) is 0 Å². The van der Waals surface area contributed by atoms with Crippen molar-refractivity contribution in [3.63, 3.8) is 0 Å². The second-order valence-electron chi connectivity index (χ2n) is 4.76. The van der Waals surface area contributed by atoms with Crippen LogP contribution < -0.4 is 0 Å². The number of rotatable bonds is 2. The molecule has 6 heteroatoms. The Morgan fingerprint density at radius 3 is 2.39 bits per heavy atom. The van der Waals surface area contributed by atoms with Gasteiger partial charge in [0, 0.05) is 0 Å². The highest BCUT2D eigenvalue weighted by atomic mass is 79.9. The number of benzene rings is 1. The van der Waals surface area contributed by atoms with Gasteiger partial charge in [0.15, 0.2) is 0 Å². The predicted octanol–water partition coefficient (Wildman–Crippen LogP) is 4.00. The third-order valence-corrected chi connectivity index (χ3v) is 4.25. The summed E-state index contributed by atoms with van der Waals surface area (Å²) in [5.41, 5.74) is -0.165. The molecule has 0 amide bonds. The molecule has 0 heterocycles. The minimum Gasteiger partial charge on any atom is -0.234 e. The molecule has 0 aliphatic heterocycles. The van der Waals surface area contributed by atoms with Crippen LogP contribution >= 0.6 is 15.9 Å². The highest BCUT2D eigenvalue weighted by molar-refractivity contribution is 9.10. The van der Waals surface area contributed by atoms with Gasteiger partial charge in [-0.3, -0.25) is 0 Å². The van der Waals surface area contributed by atoms with E-state index in [2.05, 4.69) is 20.3 Å². The molecule has 1 aromatic carbocycles. The van der Waals surface area contributed by atoms with Gasteiger partial charge in [0.2, 0.25) is 0 Å². The minimum absolute atomic E-state index is 0.0829. The molecule has 0 aromatic heterocycles. The Balaban J connectivity index is 3.28. The van der Waals surface area contributed by atoms with Crippen molar-refractivity contribution < 1.29 is 13.0 Å². The molecular formula is C12H14BrF2NOS. The molecule has 18 heavy (non-hydrogen) atoms. The van der Waals surface area contributed by atoms with Crippen molar-refractivity contribution in [1.29, 1.82) is 0 Å². The molecule has 0 N–H and O–H groups in total.